The molecule has 80 valence electrons. The quantitative estimate of drug-likeness (QED) is 0.441. The Morgan fingerprint density at radius 1 is 0.929 bits per heavy atom. The molecule has 14 heavy (non-hydrogen) atoms. The van der Waals surface area contributed by atoms with Crippen LogP contribution in [0.2, 0.25) is 0 Å². The van der Waals surface area contributed by atoms with E-state index in [0.717, 1.165) is 0 Å². The number of hydrogen-bond acceptors (Lipinski definition) is 4. The van der Waals surface area contributed by atoms with Crippen LogP contribution in [0.1, 0.15) is 12.8 Å². The van der Waals surface area contributed by atoms with Gasteiger partial charge in [0.15, 0.2) is 5.60 Å². The molecule has 0 fully saturated rings. The van der Waals surface area contributed by atoms with Crippen LogP contribution in [0.5, 0.6) is 0 Å². The first-order valence-electron chi connectivity index (χ1n) is 3.17. The van der Waals surface area contributed by atoms with Crippen LogP contribution in [0.25, 0.3) is 0 Å². The molecule has 7 nitrogen and oxygen atoms in total. The average Bonchev–Trinajstić information content (AvgIpc) is 1.82. The zero-order valence-corrected chi connectivity index (χ0v) is 8.55. The second-order valence-corrected chi connectivity index (χ2v) is 2.48. The third kappa shape index (κ3) is 4.80. The molecule has 0 saturated heterocycles. The van der Waals surface area contributed by atoms with E-state index in [-0.39, 0.29) is 17.1 Å². The molecule has 0 aromatic carbocycles. The van der Waals surface area contributed by atoms with Crippen molar-refractivity contribution in [3.63, 3.8) is 0 Å². The summed E-state index contributed by atoms with van der Waals surface area (Å²) in [5.41, 5.74) is -2.74. The predicted octanol–water partition coefficient (Wildman–Crippen LogP) is -1.63. The van der Waals surface area contributed by atoms with E-state index in [1.54, 1.807) is 0 Å². The van der Waals surface area contributed by atoms with E-state index in [9.17, 15) is 14.4 Å². The summed E-state index contributed by atoms with van der Waals surface area (Å²) in [7, 11) is 0. The molecule has 0 aliphatic carbocycles. The van der Waals surface area contributed by atoms with Crippen LogP contribution in [0, 0.1) is 0 Å². The molecule has 0 atom stereocenters. The normalized spacial score (nSPS) is 10.1. The van der Waals surface area contributed by atoms with Crippen molar-refractivity contribution >= 4 is 35.0 Å². The van der Waals surface area contributed by atoms with Crippen LogP contribution in [-0.2, 0) is 14.4 Å². The molecule has 0 unspecified atom stereocenters. The van der Waals surface area contributed by atoms with Crippen molar-refractivity contribution in [1.29, 1.82) is 0 Å². The molecule has 0 heterocycles. The van der Waals surface area contributed by atoms with Crippen molar-refractivity contribution in [3.8, 4) is 0 Å². The van der Waals surface area contributed by atoms with E-state index in [0.29, 0.717) is 0 Å². The second kappa shape index (κ2) is 5.58. The van der Waals surface area contributed by atoms with Crippen molar-refractivity contribution in [2.75, 3.05) is 0 Å². The minimum atomic E-state index is -2.74. The van der Waals surface area contributed by atoms with E-state index in [1.165, 1.54) is 0 Å². The van der Waals surface area contributed by atoms with Crippen molar-refractivity contribution in [1.82, 2.24) is 0 Å². The molecule has 0 spiro atoms. The van der Waals surface area contributed by atoms with Crippen molar-refractivity contribution < 1.29 is 34.8 Å². The molecular weight excluding hydrogens is 263 g/mol. The molecular formula is C6H8O7Se. The van der Waals surface area contributed by atoms with Gasteiger partial charge < -0.3 is 20.4 Å². The first kappa shape index (κ1) is 15.4. The van der Waals surface area contributed by atoms with E-state index in [2.05, 4.69) is 0 Å². The molecule has 4 N–H and O–H groups in total. The summed E-state index contributed by atoms with van der Waals surface area (Å²) < 4.78 is 0. The van der Waals surface area contributed by atoms with Crippen molar-refractivity contribution in [3.05, 3.63) is 0 Å². The van der Waals surface area contributed by atoms with Crippen molar-refractivity contribution in [2.24, 2.45) is 0 Å². The van der Waals surface area contributed by atoms with Gasteiger partial charge in [0, 0.05) is 17.1 Å². The van der Waals surface area contributed by atoms with Gasteiger partial charge in [0.05, 0.1) is 12.8 Å². The average molecular weight is 271 g/mol. The van der Waals surface area contributed by atoms with Gasteiger partial charge in [0.2, 0.25) is 0 Å². The topological polar surface area (TPSA) is 132 Å². The third-order valence-corrected chi connectivity index (χ3v) is 1.29. The fraction of sp³-hybridized carbons (Fsp3) is 0.500. The number of hydrogen-bond donors (Lipinski definition) is 4. The molecule has 0 aromatic heterocycles. The third-order valence-electron chi connectivity index (χ3n) is 1.29. The molecule has 8 heteroatoms. The summed E-state index contributed by atoms with van der Waals surface area (Å²) in [6.07, 6.45) is -2.29. The predicted molar refractivity (Wildman–Crippen MR) is 42.8 cm³/mol. The van der Waals surface area contributed by atoms with E-state index < -0.39 is 36.4 Å². The first-order chi connectivity index (χ1) is 5.78. The standard InChI is InChI=1S/C6H8O7.Se/c7-3(8)1-6(13,5(11)12)2-4(9)10;/h13H,1-2H2,(H,7,8)(H,9,10)(H,11,12);. The molecule has 0 rings (SSSR count). The zero-order chi connectivity index (χ0) is 10.6. The Labute approximate surface area is 88.8 Å². The Morgan fingerprint density at radius 3 is 1.36 bits per heavy atom. The minimum Gasteiger partial charge on any atom is -0.481 e. The maximum Gasteiger partial charge on any atom is 0.336 e. The Morgan fingerprint density at radius 2 is 1.21 bits per heavy atom. The Hall–Kier alpha value is -1.11. The zero-order valence-electron chi connectivity index (χ0n) is 6.84. The van der Waals surface area contributed by atoms with Crippen LogP contribution >= 0.6 is 0 Å². The van der Waals surface area contributed by atoms with Gasteiger partial charge in [0.1, 0.15) is 0 Å². The monoisotopic (exact) mass is 272 g/mol. The molecule has 0 amide bonds. The SMILES string of the molecule is O=C(O)CC(O)(CC(=O)O)C(=O)O.[Se]. The first-order valence-corrected chi connectivity index (χ1v) is 3.17. The van der Waals surface area contributed by atoms with E-state index >= 15 is 0 Å². The minimum absolute atomic E-state index is 0. The Bertz CT molecular complexity index is 233. The summed E-state index contributed by atoms with van der Waals surface area (Å²) in [5, 5.41) is 33.8. The van der Waals surface area contributed by atoms with Crippen LogP contribution < -0.4 is 0 Å². The van der Waals surface area contributed by atoms with Gasteiger partial charge in [-0.25, -0.2) is 4.79 Å². The maximum absolute atomic E-state index is 10.3. The van der Waals surface area contributed by atoms with Gasteiger partial charge in [-0.05, 0) is 0 Å². The summed E-state index contributed by atoms with van der Waals surface area (Å²) >= 11 is 0. The summed E-state index contributed by atoms with van der Waals surface area (Å²) in [6.45, 7) is 0. The summed E-state index contributed by atoms with van der Waals surface area (Å²) in [5.74, 6) is -5.02. The molecule has 0 aliphatic heterocycles. The Balaban J connectivity index is 0. The van der Waals surface area contributed by atoms with E-state index in [1.807, 2.05) is 0 Å². The van der Waals surface area contributed by atoms with Gasteiger partial charge in [-0.1, -0.05) is 0 Å². The molecule has 2 radical (unpaired) electrons. The number of carbonyl (C=O) groups is 3. The Kier molecular flexibility index (Phi) is 6.13. The van der Waals surface area contributed by atoms with E-state index in [4.69, 9.17) is 20.4 Å². The van der Waals surface area contributed by atoms with Gasteiger partial charge in [-0.2, -0.15) is 0 Å². The van der Waals surface area contributed by atoms with Crippen LogP contribution in [0.3, 0.4) is 0 Å². The number of rotatable bonds is 5. The van der Waals surface area contributed by atoms with Gasteiger partial charge >= 0.3 is 17.9 Å². The van der Waals surface area contributed by atoms with Crippen LogP contribution in [-0.4, -0.2) is 61.0 Å². The smallest absolute Gasteiger partial charge is 0.336 e. The molecule has 0 aliphatic rings. The molecule has 0 aromatic rings. The summed E-state index contributed by atoms with van der Waals surface area (Å²) in [4.78, 5) is 30.5. The van der Waals surface area contributed by atoms with Crippen LogP contribution in [0.4, 0.5) is 0 Å². The maximum atomic E-state index is 10.3. The fourth-order valence-electron chi connectivity index (χ4n) is 0.714. The van der Waals surface area contributed by atoms with Crippen LogP contribution in [0.15, 0.2) is 0 Å². The molecule has 0 bridgehead atoms. The second-order valence-electron chi connectivity index (χ2n) is 2.48. The molecule has 0 saturated carbocycles. The number of aliphatic hydroxyl groups is 1. The number of carboxylic acid groups (broad SMARTS) is 3. The number of aliphatic carboxylic acids is 3. The van der Waals surface area contributed by atoms with Gasteiger partial charge in [-0.3, -0.25) is 9.59 Å². The number of carboxylic acids is 3. The van der Waals surface area contributed by atoms with Gasteiger partial charge in [-0.15, -0.1) is 0 Å². The fourth-order valence-corrected chi connectivity index (χ4v) is 0.714. The largest absolute Gasteiger partial charge is 0.481 e. The summed E-state index contributed by atoms with van der Waals surface area (Å²) in [6, 6.07) is 0. The van der Waals surface area contributed by atoms with Gasteiger partial charge in [0.25, 0.3) is 0 Å². The van der Waals surface area contributed by atoms with Crippen molar-refractivity contribution in [2.45, 2.75) is 18.4 Å².